The van der Waals surface area contributed by atoms with Crippen molar-refractivity contribution in [3.05, 3.63) is 23.8 Å². The number of sulfonamides is 1. The van der Waals surface area contributed by atoms with E-state index in [1.165, 1.54) is 0 Å². The van der Waals surface area contributed by atoms with Crippen LogP contribution < -0.4 is 10.2 Å². The zero-order valence-electron chi connectivity index (χ0n) is 18.2. The highest BCUT2D eigenvalue weighted by Crippen LogP contribution is 2.29. The van der Waals surface area contributed by atoms with Gasteiger partial charge < -0.3 is 15.0 Å². The molecule has 0 unspecified atom stereocenters. The fourth-order valence-electron chi connectivity index (χ4n) is 4.59. The van der Waals surface area contributed by atoms with E-state index in [-0.39, 0.29) is 10.8 Å². The maximum absolute atomic E-state index is 13.2. The number of ether oxygens (including phenoxy) is 1. The summed E-state index contributed by atoms with van der Waals surface area (Å²) in [6.07, 6.45) is 5.02. The van der Waals surface area contributed by atoms with Gasteiger partial charge in [0.2, 0.25) is 10.0 Å². The second-order valence-corrected chi connectivity index (χ2v) is 10.5. The van der Waals surface area contributed by atoms with Gasteiger partial charge in [-0.1, -0.05) is 6.42 Å². The van der Waals surface area contributed by atoms with Crippen molar-refractivity contribution in [3.8, 4) is 0 Å². The van der Waals surface area contributed by atoms with E-state index in [4.69, 9.17) is 4.74 Å². The van der Waals surface area contributed by atoms with Crippen LogP contribution in [0.15, 0.2) is 23.1 Å². The third-order valence-corrected chi connectivity index (χ3v) is 8.32. The highest BCUT2D eigenvalue weighted by atomic mass is 32.2. The van der Waals surface area contributed by atoms with Crippen molar-refractivity contribution < 1.29 is 17.9 Å². The summed E-state index contributed by atoms with van der Waals surface area (Å²) in [4.78, 5) is 17.8. The number of hydrogen-bond acceptors (Lipinski definition) is 6. The minimum absolute atomic E-state index is 0.203. The second kappa shape index (κ2) is 10.3. The predicted molar refractivity (Wildman–Crippen MR) is 120 cm³/mol. The van der Waals surface area contributed by atoms with Gasteiger partial charge in [-0.15, -0.1) is 0 Å². The molecular formula is C22H34N4O4S. The number of carbonyl (C=O) groups is 1. The first-order chi connectivity index (χ1) is 15.1. The number of hydrogen-bond donors (Lipinski definition) is 1. The summed E-state index contributed by atoms with van der Waals surface area (Å²) >= 11 is 0. The van der Waals surface area contributed by atoms with E-state index in [0.29, 0.717) is 25.2 Å². The lowest BCUT2D eigenvalue weighted by Crippen LogP contribution is -2.41. The number of amides is 1. The normalized spacial score (nSPS) is 21.4. The van der Waals surface area contributed by atoms with Crippen molar-refractivity contribution in [2.75, 3.05) is 70.5 Å². The number of nitrogens with zero attached hydrogens (tertiary/aromatic N) is 3. The van der Waals surface area contributed by atoms with Gasteiger partial charge in [0, 0.05) is 58.0 Å². The fourth-order valence-corrected chi connectivity index (χ4v) is 6.14. The van der Waals surface area contributed by atoms with Crippen LogP contribution in [0.2, 0.25) is 0 Å². The molecule has 1 aromatic carbocycles. The van der Waals surface area contributed by atoms with Gasteiger partial charge in [-0.3, -0.25) is 9.69 Å². The van der Waals surface area contributed by atoms with Gasteiger partial charge in [-0.25, -0.2) is 8.42 Å². The molecular weight excluding hydrogens is 416 g/mol. The summed E-state index contributed by atoms with van der Waals surface area (Å²) in [6, 6.07) is 5.07. The first kappa shape index (κ1) is 22.5. The third-order valence-electron chi connectivity index (χ3n) is 6.43. The van der Waals surface area contributed by atoms with E-state index in [9.17, 15) is 13.2 Å². The number of nitrogens with one attached hydrogen (secondary N) is 1. The monoisotopic (exact) mass is 450 g/mol. The minimum atomic E-state index is -3.58. The zero-order chi connectivity index (χ0) is 21.7. The van der Waals surface area contributed by atoms with Crippen LogP contribution in [-0.2, 0) is 14.8 Å². The molecule has 0 aliphatic carbocycles. The van der Waals surface area contributed by atoms with Crippen molar-refractivity contribution in [1.29, 1.82) is 0 Å². The topological polar surface area (TPSA) is 82.2 Å². The van der Waals surface area contributed by atoms with Crippen LogP contribution in [0.25, 0.3) is 0 Å². The molecule has 0 atom stereocenters. The van der Waals surface area contributed by atoms with Gasteiger partial charge in [-0.05, 0) is 43.9 Å². The molecule has 0 radical (unpaired) electrons. The Kier molecular flexibility index (Phi) is 7.47. The van der Waals surface area contributed by atoms with E-state index in [1.807, 2.05) is 6.07 Å². The van der Waals surface area contributed by atoms with E-state index >= 15 is 0 Å². The highest BCUT2D eigenvalue weighted by Gasteiger charge is 2.28. The molecule has 3 saturated heterocycles. The first-order valence-electron chi connectivity index (χ1n) is 11.5. The summed E-state index contributed by atoms with van der Waals surface area (Å²) in [7, 11) is -3.58. The molecule has 1 aromatic rings. The van der Waals surface area contributed by atoms with Gasteiger partial charge in [0.1, 0.15) is 0 Å². The van der Waals surface area contributed by atoms with Crippen molar-refractivity contribution in [2.24, 2.45) is 0 Å². The van der Waals surface area contributed by atoms with Crippen LogP contribution in [0.1, 0.15) is 42.5 Å². The minimum Gasteiger partial charge on any atom is -0.379 e. The molecule has 0 saturated carbocycles. The molecule has 0 spiro atoms. The molecule has 1 N–H and O–H groups in total. The Hall–Kier alpha value is -1.68. The van der Waals surface area contributed by atoms with Crippen molar-refractivity contribution in [2.45, 2.75) is 37.0 Å². The van der Waals surface area contributed by atoms with Crippen LogP contribution in [0.5, 0.6) is 0 Å². The standard InChI is InChI=1S/C22H34N4O4S/c27-22(23-8-13-24-14-16-30-17-15-24)20-18-19(6-7-21(20)25-9-4-5-10-25)31(28,29)26-11-2-1-3-12-26/h6-7,18H,1-5,8-17H2,(H,23,27). The highest BCUT2D eigenvalue weighted by molar-refractivity contribution is 7.89. The number of anilines is 1. The lowest BCUT2D eigenvalue weighted by molar-refractivity contribution is 0.0383. The van der Waals surface area contributed by atoms with Gasteiger partial charge in [0.15, 0.2) is 0 Å². The molecule has 3 heterocycles. The maximum atomic E-state index is 13.2. The smallest absolute Gasteiger partial charge is 0.253 e. The van der Waals surface area contributed by atoms with Gasteiger partial charge >= 0.3 is 0 Å². The number of carbonyl (C=O) groups excluding carboxylic acids is 1. The van der Waals surface area contributed by atoms with Crippen LogP contribution in [-0.4, -0.2) is 89.1 Å². The van der Waals surface area contributed by atoms with Gasteiger partial charge in [0.25, 0.3) is 5.91 Å². The summed E-state index contributed by atoms with van der Waals surface area (Å²) in [5.74, 6) is -0.203. The average molecular weight is 451 g/mol. The number of morpholine rings is 1. The predicted octanol–water partition coefficient (Wildman–Crippen LogP) is 1.52. The Balaban J connectivity index is 1.52. The van der Waals surface area contributed by atoms with Crippen molar-refractivity contribution >= 4 is 21.6 Å². The fraction of sp³-hybridized carbons (Fsp3) is 0.682. The number of rotatable bonds is 7. The van der Waals surface area contributed by atoms with E-state index in [2.05, 4.69) is 15.1 Å². The van der Waals surface area contributed by atoms with Crippen LogP contribution in [0, 0.1) is 0 Å². The van der Waals surface area contributed by atoms with Gasteiger partial charge in [-0.2, -0.15) is 4.31 Å². The molecule has 4 rings (SSSR count). The second-order valence-electron chi connectivity index (χ2n) is 8.55. The molecule has 1 amide bonds. The molecule has 0 aromatic heterocycles. The lowest BCUT2D eigenvalue weighted by atomic mass is 10.1. The van der Waals surface area contributed by atoms with Crippen LogP contribution in [0.3, 0.4) is 0 Å². The summed E-state index contributed by atoms with van der Waals surface area (Å²) in [5, 5.41) is 3.01. The quantitative estimate of drug-likeness (QED) is 0.678. The number of piperidine rings is 1. The Morgan fingerprint density at radius 1 is 0.935 bits per heavy atom. The summed E-state index contributed by atoms with van der Waals surface area (Å²) in [5.41, 5.74) is 1.29. The molecule has 9 heteroatoms. The maximum Gasteiger partial charge on any atom is 0.253 e. The Labute approximate surface area is 185 Å². The Morgan fingerprint density at radius 2 is 1.61 bits per heavy atom. The summed E-state index contributed by atoms with van der Waals surface area (Å²) < 4.78 is 33.3. The van der Waals surface area contributed by atoms with E-state index in [1.54, 1.807) is 16.4 Å². The molecule has 31 heavy (non-hydrogen) atoms. The molecule has 172 valence electrons. The third kappa shape index (κ3) is 5.39. The lowest BCUT2D eigenvalue weighted by Gasteiger charge is -2.27. The molecule has 3 fully saturated rings. The van der Waals surface area contributed by atoms with Crippen LogP contribution >= 0.6 is 0 Å². The Morgan fingerprint density at radius 3 is 2.32 bits per heavy atom. The van der Waals surface area contributed by atoms with Crippen molar-refractivity contribution in [1.82, 2.24) is 14.5 Å². The molecule has 0 bridgehead atoms. The Bertz CT molecular complexity index is 858. The first-order valence-corrected chi connectivity index (χ1v) is 13.0. The molecule has 3 aliphatic rings. The van der Waals surface area contributed by atoms with Gasteiger partial charge in [0.05, 0.1) is 23.7 Å². The van der Waals surface area contributed by atoms with Crippen molar-refractivity contribution in [3.63, 3.8) is 0 Å². The molecule has 8 nitrogen and oxygen atoms in total. The molecule has 3 aliphatic heterocycles. The van der Waals surface area contributed by atoms with E-state index < -0.39 is 10.0 Å². The zero-order valence-corrected chi connectivity index (χ0v) is 19.0. The SMILES string of the molecule is O=C(NCCN1CCOCC1)c1cc(S(=O)(=O)N2CCCCC2)ccc1N1CCCC1. The largest absolute Gasteiger partial charge is 0.379 e. The van der Waals surface area contributed by atoms with Crippen LogP contribution in [0.4, 0.5) is 5.69 Å². The number of benzene rings is 1. The summed E-state index contributed by atoms with van der Waals surface area (Å²) in [6.45, 7) is 7.39. The van der Waals surface area contributed by atoms with E-state index in [0.717, 1.165) is 83.7 Å². The average Bonchev–Trinajstić information content (AvgIpc) is 3.35.